The molecule has 0 saturated carbocycles. The molecule has 0 atom stereocenters. The van der Waals surface area contributed by atoms with Gasteiger partial charge in [0.1, 0.15) is 5.82 Å². The highest BCUT2D eigenvalue weighted by atomic mass is 32.2. The van der Waals surface area contributed by atoms with Crippen molar-refractivity contribution in [3.8, 4) is 0 Å². The molecule has 0 aliphatic rings. The van der Waals surface area contributed by atoms with Crippen LogP contribution in [0.15, 0.2) is 12.1 Å². The van der Waals surface area contributed by atoms with E-state index in [1.54, 1.807) is 23.9 Å². The summed E-state index contributed by atoms with van der Waals surface area (Å²) in [6.45, 7) is 3.00. The summed E-state index contributed by atoms with van der Waals surface area (Å²) in [6.07, 6.45) is 2.52. The highest BCUT2D eigenvalue weighted by Crippen LogP contribution is 2.13. The smallest absolute Gasteiger partial charge is 0.335 e. The molecule has 0 aliphatic carbocycles. The van der Waals surface area contributed by atoms with Crippen LogP contribution in [-0.4, -0.2) is 45.8 Å². The first-order valence-electron chi connectivity index (χ1n) is 6.84. The summed E-state index contributed by atoms with van der Waals surface area (Å²) in [5.74, 6) is 1.53. The molecule has 0 saturated heterocycles. The number of aromatic carboxylic acids is 1. The van der Waals surface area contributed by atoms with E-state index in [2.05, 4.69) is 10.3 Å². The average molecular weight is 298 g/mol. The van der Waals surface area contributed by atoms with Gasteiger partial charge in [0.15, 0.2) is 0 Å². The van der Waals surface area contributed by atoms with Gasteiger partial charge in [-0.1, -0.05) is 13.3 Å². The molecule has 0 unspecified atom stereocenters. The highest BCUT2D eigenvalue weighted by Gasteiger charge is 2.08. The van der Waals surface area contributed by atoms with Crippen LogP contribution in [0.2, 0.25) is 0 Å². The summed E-state index contributed by atoms with van der Waals surface area (Å²) >= 11 is 1.76. The van der Waals surface area contributed by atoms with Crippen molar-refractivity contribution < 1.29 is 15.0 Å². The van der Waals surface area contributed by atoms with Gasteiger partial charge in [-0.2, -0.15) is 11.8 Å². The molecule has 0 amide bonds. The number of aliphatic hydroxyl groups is 1. The van der Waals surface area contributed by atoms with Gasteiger partial charge in [0.2, 0.25) is 0 Å². The number of hydrogen-bond donors (Lipinski definition) is 3. The van der Waals surface area contributed by atoms with E-state index >= 15 is 0 Å². The maximum Gasteiger partial charge on any atom is 0.335 e. The number of nitrogens with zero attached hydrogens (tertiary/aromatic N) is 1. The second-order valence-electron chi connectivity index (χ2n) is 4.40. The summed E-state index contributed by atoms with van der Waals surface area (Å²) < 4.78 is 0. The third-order valence-electron chi connectivity index (χ3n) is 2.63. The highest BCUT2D eigenvalue weighted by molar-refractivity contribution is 7.99. The van der Waals surface area contributed by atoms with Gasteiger partial charge in [-0.05, 0) is 30.7 Å². The molecule has 1 heterocycles. The predicted octanol–water partition coefficient (Wildman–Crippen LogP) is 2.26. The standard InChI is InChI=1S/C14H22N2O3S/c1-2-4-12-9-11(14(18)19)10-13(16-12)15-5-8-20-7-3-6-17/h9-10,17H,2-8H2,1H3,(H,15,16)(H,18,19). The molecule has 20 heavy (non-hydrogen) atoms. The molecule has 1 aromatic rings. The van der Waals surface area contributed by atoms with Crippen LogP contribution in [0.5, 0.6) is 0 Å². The average Bonchev–Trinajstić information content (AvgIpc) is 2.43. The molecule has 0 aromatic carbocycles. The number of carboxylic acid groups (broad SMARTS) is 1. The minimum atomic E-state index is -0.926. The zero-order valence-electron chi connectivity index (χ0n) is 11.8. The summed E-state index contributed by atoms with van der Waals surface area (Å²) in [7, 11) is 0. The van der Waals surface area contributed by atoms with Crippen molar-refractivity contribution in [2.75, 3.05) is 30.0 Å². The van der Waals surface area contributed by atoms with Crippen molar-refractivity contribution in [1.29, 1.82) is 0 Å². The predicted molar refractivity (Wildman–Crippen MR) is 82.7 cm³/mol. The van der Waals surface area contributed by atoms with E-state index in [0.29, 0.717) is 5.82 Å². The molecule has 0 aliphatic heterocycles. The lowest BCUT2D eigenvalue weighted by Crippen LogP contribution is -2.09. The van der Waals surface area contributed by atoms with E-state index in [4.69, 9.17) is 10.2 Å². The first-order valence-corrected chi connectivity index (χ1v) is 7.99. The summed E-state index contributed by atoms with van der Waals surface area (Å²) in [6, 6.07) is 3.20. The fraction of sp³-hybridized carbons (Fsp3) is 0.571. The van der Waals surface area contributed by atoms with Gasteiger partial charge in [-0.15, -0.1) is 0 Å². The largest absolute Gasteiger partial charge is 0.478 e. The number of nitrogens with one attached hydrogen (secondary N) is 1. The fourth-order valence-corrected chi connectivity index (χ4v) is 2.49. The second-order valence-corrected chi connectivity index (χ2v) is 5.63. The number of thioether (sulfide) groups is 1. The van der Waals surface area contributed by atoms with E-state index in [9.17, 15) is 4.79 Å². The van der Waals surface area contributed by atoms with Crippen molar-refractivity contribution in [2.24, 2.45) is 0 Å². The molecular weight excluding hydrogens is 276 g/mol. The minimum Gasteiger partial charge on any atom is -0.478 e. The normalized spacial score (nSPS) is 10.5. The zero-order chi connectivity index (χ0) is 14.8. The Morgan fingerprint density at radius 3 is 2.85 bits per heavy atom. The number of hydrogen-bond acceptors (Lipinski definition) is 5. The van der Waals surface area contributed by atoms with Gasteiger partial charge in [-0.25, -0.2) is 9.78 Å². The maximum absolute atomic E-state index is 11.1. The second kappa shape index (κ2) is 9.61. The molecule has 3 N–H and O–H groups in total. The summed E-state index contributed by atoms with van der Waals surface area (Å²) in [5.41, 5.74) is 1.08. The monoisotopic (exact) mass is 298 g/mol. The molecule has 1 rings (SSSR count). The third-order valence-corrected chi connectivity index (χ3v) is 3.70. The minimum absolute atomic E-state index is 0.225. The number of pyridine rings is 1. The van der Waals surface area contributed by atoms with Gasteiger partial charge in [0, 0.05) is 24.6 Å². The number of aryl methyl sites for hydroxylation is 1. The topological polar surface area (TPSA) is 82.5 Å². The van der Waals surface area contributed by atoms with Crippen LogP contribution in [0, 0.1) is 0 Å². The number of rotatable bonds is 10. The van der Waals surface area contributed by atoms with Gasteiger partial charge < -0.3 is 15.5 Å². The number of aromatic nitrogens is 1. The van der Waals surface area contributed by atoms with Crippen LogP contribution < -0.4 is 5.32 Å². The van der Waals surface area contributed by atoms with Crippen molar-refractivity contribution in [1.82, 2.24) is 4.98 Å². The lowest BCUT2D eigenvalue weighted by Gasteiger charge is -2.09. The van der Waals surface area contributed by atoms with Crippen molar-refractivity contribution in [3.05, 3.63) is 23.4 Å². The molecule has 112 valence electrons. The molecule has 0 fully saturated rings. The van der Waals surface area contributed by atoms with Crippen molar-refractivity contribution >= 4 is 23.5 Å². The molecule has 5 nitrogen and oxygen atoms in total. The lowest BCUT2D eigenvalue weighted by molar-refractivity contribution is 0.0696. The molecule has 6 heteroatoms. The Bertz CT molecular complexity index is 427. The Morgan fingerprint density at radius 1 is 1.40 bits per heavy atom. The zero-order valence-corrected chi connectivity index (χ0v) is 12.6. The molecule has 0 radical (unpaired) electrons. The van der Waals surface area contributed by atoms with Crippen LogP contribution in [0.4, 0.5) is 5.82 Å². The number of carboxylic acids is 1. The quantitative estimate of drug-likeness (QED) is 0.575. The Hall–Kier alpha value is -1.27. The Labute approximate surface area is 123 Å². The van der Waals surface area contributed by atoms with Crippen LogP contribution >= 0.6 is 11.8 Å². The van der Waals surface area contributed by atoms with E-state index < -0.39 is 5.97 Å². The van der Waals surface area contributed by atoms with Crippen LogP contribution in [0.1, 0.15) is 35.8 Å². The van der Waals surface area contributed by atoms with Crippen LogP contribution in [0.25, 0.3) is 0 Å². The Morgan fingerprint density at radius 2 is 2.20 bits per heavy atom. The number of aliphatic hydroxyl groups excluding tert-OH is 1. The van der Waals surface area contributed by atoms with Crippen molar-refractivity contribution in [3.63, 3.8) is 0 Å². The van der Waals surface area contributed by atoms with Gasteiger partial charge in [-0.3, -0.25) is 0 Å². The Balaban J connectivity index is 2.53. The summed E-state index contributed by atoms with van der Waals surface area (Å²) in [5, 5.41) is 20.9. The van der Waals surface area contributed by atoms with Crippen molar-refractivity contribution in [2.45, 2.75) is 26.2 Å². The van der Waals surface area contributed by atoms with E-state index in [1.165, 1.54) is 0 Å². The van der Waals surface area contributed by atoms with Gasteiger partial charge in [0.05, 0.1) is 5.56 Å². The summed E-state index contributed by atoms with van der Waals surface area (Å²) in [4.78, 5) is 15.5. The van der Waals surface area contributed by atoms with E-state index in [0.717, 1.165) is 43.0 Å². The molecule has 0 bridgehead atoms. The molecule has 0 spiro atoms. The van der Waals surface area contributed by atoms with Gasteiger partial charge in [0.25, 0.3) is 0 Å². The van der Waals surface area contributed by atoms with E-state index in [-0.39, 0.29) is 12.2 Å². The SMILES string of the molecule is CCCc1cc(C(=O)O)cc(NCCSCCCO)n1. The first-order chi connectivity index (χ1) is 9.67. The Kier molecular flexibility index (Phi) is 8.06. The number of carbonyl (C=O) groups is 1. The fourth-order valence-electron chi connectivity index (χ4n) is 1.71. The lowest BCUT2D eigenvalue weighted by atomic mass is 10.1. The maximum atomic E-state index is 11.1. The first kappa shape index (κ1) is 16.8. The third kappa shape index (κ3) is 6.25. The van der Waals surface area contributed by atoms with Gasteiger partial charge >= 0.3 is 5.97 Å². The van der Waals surface area contributed by atoms with Crippen LogP contribution in [-0.2, 0) is 6.42 Å². The molecular formula is C14H22N2O3S. The molecule has 1 aromatic heterocycles. The van der Waals surface area contributed by atoms with Crippen LogP contribution in [0.3, 0.4) is 0 Å². The van der Waals surface area contributed by atoms with E-state index in [1.807, 2.05) is 6.92 Å². The number of anilines is 1.